The van der Waals surface area contributed by atoms with Crippen LogP contribution in [0.3, 0.4) is 0 Å². The number of benzene rings is 3. The number of hydrogen-bond acceptors (Lipinski definition) is 3. The van der Waals surface area contributed by atoms with E-state index in [1.54, 1.807) is 0 Å². The van der Waals surface area contributed by atoms with Gasteiger partial charge >= 0.3 is 5.97 Å². The van der Waals surface area contributed by atoms with Crippen LogP contribution in [0.4, 0.5) is 4.39 Å². The van der Waals surface area contributed by atoms with E-state index in [-0.39, 0.29) is 10.9 Å². The highest BCUT2D eigenvalue weighted by molar-refractivity contribution is 6.04. The second-order valence-corrected chi connectivity index (χ2v) is 6.94. The fraction of sp³-hybridized carbons (Fsp3) is 0.120. The lowest BCUT2D eigenvalue weighted by molar-refractivity contribution is 0.0699. The van der Waals surface area contributed by atoms with Gasteiger partial charge in [0.15, 0.2) is 0 Å². The summed E-state index contributed by atoms with van der Waals surface area (Å²) in [6.07, 6.45) is 0. The molecule has 0 aliphatic carbocycles. The molecule has 4 rings (SSSR count). The number of carbonyl (C=O) groups is 1. The second-order valence-electron chi connectivity index (χ2n) is 6.94. The Kier molecular flexibility index (Phi) is 5.19. The van der Waals surface area contributed by atoms with Crippen molar-refractivity contribution < 1.29 is 19.0 Å². The van der Waals surface area contributed by atoms with Crippen molar-refractivity contribution in [2.24, 2.45) is 0 Å². The van der Waals surface area contributed by atoms with Gasteiger partial charge in [0.1, 0.15) is 11.6 Å². The molecular weight excluding hydrogens is 381 g/mol. The number of hydrogen-bond donors (Lipinski definition) is 1. The minimum absolute atomic E-state index is 0.00161. The molecule has 1 aromatic heterocycles. The summed E-state index contributed by atoms with van der Waals surface area (Å²) in [5, 5.41) is 9.95. The van der Waals surface area contributed by atoms with Crippen LogP contribution in [0, 0.1) is 12.7 Å². The van der Waals surface area contributed by atoms with E-state index in [1.807, 2.05) is 56.3 Å². The first-order valence-corrected chi connectivity index (χ1v) is 9.65. The van der Waals surface area contributed by atoms with Gasteiger partial charge < -0.3 is 9.84 Å². The molecule has 0 spiro atoms. The monoisotopic (exact) mass is 401 g/mol. The first-order valence-electron chi connectivity index (χ1n) is 9.65. The number of nitrogens with zero attached hydrogens (tertiary/aromatic N) is 1. The maximum absolute atomic E-state index is 13.7. The highest BCUT2D eigenvalue weighted by atomic mass is 19.1. The van der Waals surface area contributed by atoms with Crippen LogP contribution in [0.2, 0.25) is 0 Å². The Morgan fingerprint density at radius 1 is 1.03 bits per heavy atom. The standard InChI is InChI=1S/C25H20FNO3/c1-3-30-24-15(2)18(16-7-5-4-6-8-16)10-11-19(24)23-14-21(25(28)29)20-13-17(26)9-12-22(20)27-23/h4-14H,3H2,1-2H3,(H,28,29). The molecule has 0 atom stereocenters. The molecule has 150 valence electrons. The Morgan fingerprint density at radius 3 is 2.47 bits per heavy atom. The lowest BCUT2D eigenvalue weighted by atomic mass is 9.95. The Balaban J connectivity index is 1.96. The van der Waals surface area contributed by atoms with Crippen LogP contribution in [0.25, 0.3) is 33.3 Å². The van der Waals surface area contributed by atoms with E-state index in [2.05, 4.69) is 4.98 Å². The Morgan fingerprint density at radius 2 is 1.77 bits per heavy atom. The molecule has 0 radical (unpaired) electrons. The Labute approximate surface area is 173 Å². The average Bonchev–Trinajstić information content (AvgIpc) is 2.75. The maximum atomic E-state index is 13.7. The van der Waals surface area contributed by atoms with Gasteiger partial charge in [0, 0.05) is 10.9 Å². The first kappa shape index (κ1) is 19.6. The molecule has 0 unspecified atom stereocenters. The summed E-state index contributed by atoms with van der Waals surface area (Å²) in [6.45, 7) is 4.33. The maximum Gasteiger partial charge on any atom is 0.336 e. The fourth-order valence-corrected chi connectivity index (χ4v) is 3.67. The molecule has 1 heterocycles. The summed E-state index contributed by atoms with van der Waals surface area (Å²) >= 11 is 0. The van der Waals surface area contributed by atoms with Crippen molar-refractivity contribution in [3.05, 3.63) is 83.7 Å². The number of halogens is 1. The molecule has 3 aromatic carbocycles. The third kappa shape index (κ3) is 3.50. The number of fused-ring (bicyclic) bond motifs is 1. The van der Waals surface area contributed by atoms with Crippen molar-refractivity contribution in [2.45, 2.75) is 13.8 Å². The van der Waals surface area contributed by atoms with Gasteiger partial charge in [0.2, 0.25) is 0 Å². The number of carboxylic acids is 1. The van der Waals surface area contributed by atoms with Gasteiger partial charge in [-0.15, -0.1) is 0 Å². The van der Waals surface area contributed by atoms with Crippen LogP contribution >= 0.6 is 0 Å². The lowest BCUT2D eigenvalue weighted by Gasteiger charge is -2.17. The number of ether oxygens (including phenoxy) is 1. The summed E-state index contributed by atoms with van der Waals surface area (Å²) in [5.74, 6) is -0.980. The number of pyridine rings is 1. The zero-order chi connectivity index (χ0) is 21.3. The van der Waals surface area contributed by atoms with Crippen molar-refractivity contribution in [1.29, 1.82) is 0 Å². The van der Waals surface area contributed by atoms with Gasteiger partial charge in [-0.3, -0.25) is 0 Å². The van der Waals surface area contributed by atoms with E-state index >= 15 is 0 Å². The number of aromatic nitrogens is 1. The Hall–Kier alpha value is -3.73. The van der Waals surface area contributed by atoms with E-state index < -0.39 is 11.8 Å². The molecule has 0 saturated heterocycles. The predicted octanol–water partition coefficient (Wildman–Crippen LogP) is 6.11. The van der Waals surface area contributed by atoms with E-state index in [0.717, 1.165) is 16.7 Å². The van der Waals surface area contributed by atoms with Gasteiger partial charge in [-0.1, -0.05) is 36.4 Å². The molecule has 0 fully saturated rings. The average molecular weight is 401 g/mol. The fourth-order valence-electron chi connectivity index (χ4n) is 3.67. The SMILES string of the molecule is CCOc1c(-c2cc(C(=O)O)c3cc(F)ccc3n2)ccc(-c2ccccc2)c1C. The number of carboxylic acid groups (broad SMARTS) is 1. The molecule has 4 aromatic rings. The second kappa shape index (κ2) is 7.95. The topological polar surface area (TPSA) is 59.4 Å². The van der Waals surface area contributed by atoms with Crippen LogP contribution in [-0.2, 0) is 0 Å². The minimum atomic E-state index is -1.13. The molecule has 30 heavy (non-hydrogen) atoms. The Bertz CT molecular complexity index is 1250. The largest absolute Gasteiger partial charge is 0.493 e. The normalized spacial score (nSPS) is 10.9. The number of rotatable bonds is 5. The minimum Gasteiger partial charge on any atom is -0.493 e. The van der Waals surface area contributed by atoms with Gasteiger partial charge in [0.25, 0.3) is 0 Å². The van der Waals surface area contributed by atoms with Crippen molar-refractivity contribution in [3.8, 4) is 28.1 Å². The van der Waals surface area contributed by atoms with E-state index in [0.29, 0.717) is 29.1 Å². The summed E-state index contributed by atoms with van der Waals surface area (Å²) < 4.78 is 19.7. The molecule has 4 nitrogen and oxygen atoms in total. The van der Waals surface area contributed by atoms with E-state index in [9.17, 15) is 14.3 Å². The van der Waals surface area contributed by atoms with Crippen LogP contribution in [0.15, 0.2) is 66.7 Å². The predicted molar refractivity (Wildman–Crippen MR) is 115 cm³/mol. The van der Waals surface area contributed by atoms with Crippen molar-refractivity contribution in [2.75, 3.05) is 6.61 Å². The van der Waals surface area contributed by atoms with Crippen molar-refractivity contribution >= 4 is 16.9 Å². The molecule has 0 bridgehead atoms. The van der Waals surface area contributed by atoms with Crippen molar-refractivity contribution in [1.82, 2.24) is 4.98 Å². The van der Waals surface area contributed by atoms with E-state index in [1.165, 1.54) is 24.3 Å². The lowest BCUT2D eigenvalue weighted by Crippen LogP contribution is -2.03. The van der Waals surface area contributed by atoms with Gasteiger partial charge in [-0.05, 0) is 60.9 Å². The quantitative estimate of drug-likeness (QED) is 0.438. The van der Waals surface area contributed by atoms with Gasteiger partial charge in [-0.25, -0.2) is 14.2 Å². The molecule has 0 aliphatic heterocycles. The molecule has 0 saturated carbocycles. The third-order valence-corrected chi connectivity index (χ3v) is 5.06. The highest BCUT2D eigenvalue weighted by Crippen LogP contribution is 2.39. The summed E-state index contributed by atoms with van der Waals surface area (Å²) in [6, 6.07) is 19.3. The summed E-state index contributed by atoms with van der Waals surface area (Å²) in [5.41, 5.74) is 4.62. The molecule has 0 amide bonds. The van der Waals surface area contributed by atoms with Crippen LogP contribution in [0.5, 0.6) is 5.75 Å². The molecule has 5 heteroatoms. The molecule has 0 aliphatic rings. The highest BCUT2D eigenvalue weighted by Gasteiger charge is 2.19. The zero-order valence-corrected chi connectivity index (χ0v) is 16.6. The van der Waals surface area contributed by atoms with Crippen LogP contribution in [0.1, 0.15) is 22.8 Å². The van der Waals surface area contributed by atoms with Gasteiger partial charge in [-0.2, -0.15) is 0 Å². The summed E-state index contributed by atoms with van der Waals surface area (Å²) in [7, 11) is 0. The first-order chi connectivity index (χ1) is 14.5. The van der Waals surface area contributed by atoms with E-state index in [4.69, 9.17) is 4.74 Å². The molecular formula is C25H20FNO3. The van der Waals surface area contributed by atoms with Gasteiger partial charge in [0.05, 0.1) is 23.4 Å². The van der Waals surface area contributed by atoms with Crippen molar-refractivity contribution in [3.63, 3.8) is 0 Å². The van der Waals surface area contributed by atoms with Crippen LogP contribution in [-0.4, -0.2) is 22.7 Å². The zero-order valence-electron chi connectivity index (χ0n) is 16.6. The molecule has 1 N–H and O–H groups in total. The smallest absolute Gasteiger partial charge is 0.336 e. The third-order valence-electron chi connectivity index (χ3n) is 5.06. The summed E-state index contributed by atoms with van der Waals surface area (Å²) in [4.78, 5) is 16.5. The van der Waals surface area contributed by atoms with Crippen LogP contribution < -0.4 is 4.74 Å². The number of aromatic carboxylic acids is 1.